The van der Waals surface area contributed by atoms with Crippen LogP contribution in [-0.2, 0) is 11.0 Å². The number of hydrogen-bond donors (Lipinski definition) is 1. The molecule has 2 aromatic carbocycles. The molecule has 0 bridgehead atoms. The largest absolute Gasteiger partial charge is 0.490 e. The van der Waals surface area contributed by atoms with Crippen LogP contribution in [0.25, 0.3) is 11.1 Å². The normalized spacial score (nSPS) is 19.0. The highest BCUT2D eigenvalue weighted by Gasteiger charge is 2.36. The predicted molar refractivity (Wildman–Crippen MR) is 128 cm³/mol. The first kappa shape index (κ1) is 25.9. The van der Waals surface area contributed by atoms with Crippen molar-refractivity contribution in [2.24, 2.45) is 11.3 Å². The Morgan fingerprint density at radius 3 is 2.26 bits per heavy atom. The number of ether oxygens (including phenoxy) is 1. The van der Waals surface area contributed by atoms with Crippen LogP contribution < -0.4 is 9.64 Å². The smallest absolute Gasteiger partial charge is 0.419 e. The van der Waals surface area contributed by atoms with Crippen LogP contribution in [0.5, 0.6) is 5.75 Å². The van der Waals surface area contributed by atoms with Crippen LogP contribution in [0.1, 0.15) is 58.4 Å². The van der Waals surface area contributed by atoms with Gasteiger partial charge in [0.2, 0.25) is 0 Å². The fraction of sp³-hybridized carbons (Fsp3) is 0.519. The van der Waals surface area contributed by atoms with Crippen molar-refractivity contribution >= 4 is 11.7 Å². The Morgan fingerprint density at radius 2 is 1.68 bits per heavy atom. The highest BCUT2D eigenvalue weighted by Crippen LogP contribution is 2.42. The second-order valence-electron chi connectivity index (χ2n) is 10.3. The zero-order valence-electron chi connectivity index (χ0n) is 20.3. The molecule has 1 saturated carbocycles. The number of carboxylic acids is 1. The summed E-state index contributed by atoms with van der Waals surface area (Å²) in [5, 5.41) is 8.90. The number of hydrogen-bond acceptors (Lipinski definition) is 3. The van der Waals surface area contributed by atoms with Gasteiger partial charge in [-0.1, -0.05) is 39.0 Å². The van der Waals surface area contributed by atoms with E-state index in [4.69, 9.17) is 9.84 Å². The van der Waals surface area contributed by atoms with Gasteiger partial charge in [-0.15, -0.1) is 0 Å². The molecule has 0 atom stereocenters. The lowest BCUT2D eigenvalue weighted by Gasteiger charge is -2.37. The second kappa shape index (κ2) is 10.3. The number of benzene rings is 2. The van der Waals surface area contributed by atoms with Crippen molar-refractivity contribution in [1.29, 1.82) is 0 Å². The maximum atomic E-state index is 14.0. The molecule has 0 spiro atoms. The third-order valence-electron chi connectivity index (χ3n) is 6.76. The molecule has 1 N–H and O–H groups in total. The van der Waals surface area contributed by atoms with Crippen LogP contribution in [0.15, 0.2) is 42.5 Å². The van der Waals surface area contributed by atoms with Gasteiger partial charge in [0.1, 0.15) is 5.75 Å². The van der Waals surface area contributed by atoms with E-state index in [1.807, 2.05) is 0 Å². The van der Waals surface area contributed by atoms with Crippen LogP contribution in [0, 0.1) is 11.3 Å². The number of carbonyl (C=O) groups is 1. The van der Waals surface area contributed by atoms with Crippen LogP contribution in [0.2, 0.25) is 0 Å². The lowest BCUT2D eigenvalue weighted by Crippen LogP contribution is -2.30. The predicted octanol–water partition coefficient (Wildman–Crippen LogP) is 7.27. The van der Waals surface area contributed by atoms with E-state index in [0.29, 0.717) is 23.6 Å². The number of carboxylic acid groups (broad SMARTS) is 1. The second-order valence-corrected chi connectivity index (χ2v) is 10.3. The monoisotopic (exact) mass is 477 g/mol. The Morgan fingerprint density at radius 1 is 1.03 bits per heavy atom. The quantitative estimate of drug-likeness (QED) is 0.456. The van der Waals surface area contributed by atoms with Gasteiger partial charge in [0, 0.05) is 19.3 Å². The number of aliphatic carboxylic acids is 1. The summed E-state index contributed by atoms with van der Waals surface area (Å²) in [4.78, 5) is 12.6. The van der Waals surface area contributed by atoms with Gasteiger partial charge in [-0.3, -0.25) is 4.79 Å². The van der Waals surface area contributed by atoms with Crippen LogP contribution in [0.4, 0.5) is 18.9 Å². The van der Waals surface area contributed by atoms with E-state index < -0.39 is 17.7 Å². The van der Waals surface area contributed by atoms with Crippen molar-refractivity contribution in [2.75, 3.05) is 18.5 Å². The minimum Gasteiger partial charge on any atom is -0.490 e. The van der Waals surface area contributed by atoms with E-state index >= 15 is 0 Å². The molecule has 1 aliphatic rings. The number of alkyl halides is 3. The van der Waals surface area contributed by atoms with Gasteiger partial charge in [0.25, 0.3) is 0 Å². The Balaban J connectivity index is 1.81. The molecule has 0 heterocycles. The minimum absolute atomic E-state index is 0.0251. The molecule has 0 aliphatic heterocycles. The van der Waals surface area contributed by atoms with Crippen molar-refractivity contribution in [3.05, 3.63) is 48.0 Å². The lowest BCUT2D eigenvalue weighted by molar-refractivity contribution is -0.139. The van der Waals surface area contributed by atoms with E-state index in [-0.39, 0.29) is 23.7 Å². The highest BCUT2D eigenvalue weighted by molar-refractivity contribution is 5.71. The third-order valence-corrected chi connectivity index (χ3v) is 6.76. The van der Waals surface area contributed by atoms with Gasteiger partial charge in [-0.25, -0.2) is 0 Å². The molecule has 186 valence electrons. The van der Waals surface area contributed by atoms with E-state index in [0.717, 1.165) is 37.4 Å². The van der Waals surface area contributed by atoms with Crippen molar-refractivity contribution in [3.8, 4) is 16.9 Å². The van der Waals surface area contributed by atoms with Crippen molar-refractivity contribution in [2.45, 2.75) is 65.2 Å². The summed E-state index contributed by atoms with van der Waals surface area (Å²) in [6.45, 7) is 6.92. The van der Waals surface area contributed by atoms with Gasteiger partial charge in [0.15, 0.2) is 0 Å². The van der Waals surface area contributed by atoms with E-state index in [1.54, 1.807) is 42.3 Å². The molecule has 0 unspecified atom stereocenters. The van der Waals surface area contributed by atoms with Crippen LogP contribution in [0.3, 0.4) is 0 Å². The number of anilines is 1. The molecule has 0 saturated heterocycles. The topological polar surface area (TPSA) is 49.8 Å². The first-order chi connectivity index (χ1) is 15.8. The minimum atomic E-state index is -4.54. The molecule has 1 aliphatic carbocycles. The van der Waals surface area contributed by atoms with Gasteiger partial charge in [-0.05, 0) is 72.4 Å². The summed E-state index contributed by atoms with van der Waals surface area (Å²) < 4.78 is 47.8. The molecule has 1 fully saturated rings. The molecule has 7 heteroatoms. The zero-order chi connectivity index (χ0) is 25.1. The van der Waals surface area contributed by atoms with Crippen LogP contribution in [-0.4, -0.2) is 30.8 Å². The number of rotatable bonds is 7. The first-order valence-electron chi connectivity index (χ1n) is 11.8. The maximum Gasteiger partial charge on any atom is 0.419 e. The molecule has 0 aromatic heterocycles. The van der Waals surface area contributed by atoms with E-state index in [2.05, 4.69) is 20.8 Å². The molecular formula is C27H34F3NO3. The molecular weight excluding hydrogens is 443 g/mol. The average molecular weight is 478 g/mol. The summed E-state index contributed by atoms with van der Waals surface area (Å²) in [7, 11) is 1.76. The Kier molecular flexibility index (Phi) is 7.84. The third kappa shape index (κ3) is 6.67. The zero-order valence-corrected chi connectivity index (χ0v) is 20.3. The van der Waals surface area contributed by atoms with Crippen molar-refractivity contribution < 1.29 is 27.8 Å². The first-order valence-corrected chi connectivity index (χ1v) is 11.8. The number of halogens is 3. The van der Waals surface area contributed by atoms with Crippen molar-refractivity contribution in [3.63, 3.8) is 0 Å². The van der Waals surface area contributed by atoms with E-state index in [1.165, 1.54) is 6.07 Å². The van der Waals surface area contributed by atoms with Gasteiger partial charge in [0.05, 0.1) is 18.1 Å². The van der Waals surface area contributed by atoms with Gasteiger partial charge in [-0.2, -0.15) is 13.2 Å². The molecule has 2 aromatic rings. The SMILES string of the molecule is CN(CCC(=O)O)c1cccc(-c2ccc(OC3CCC(C(C)(C)C)CC3)c(C(F)(F)F)c2)c1. The Bertz CT molecular complexity index is 989. The standard InChI is InChI=1S/C27H34F3NO3/c1-26(2,3)20-9-11-22(12-10-20)34-24-13-8-19(17-23(24)27(28,29)30)18-6-5-7-21(16-18)31(4)15-14-25(32)33/h5-8,13,16-17,20,22H,9-12,14-15H2,1-4H3,(H,32,33). The Hall–Kier alpha value is -2.70. The number of nitrogens with zero attached hydrogens (tertiary/aromatic N) is 1. The summed E-state index contributed by atoms with van der Waals surface area (Å²) in [5.41, 5.74) is 1.22. The van der Waals surface area contributed by atoms with Crippen LogP contribution >= 0.6 is 0 Å². The average Bonchev–Trinajstić information content (AvgIpc) is 2.77. The highest BCUT2D eigenvalue weighted by atomic mass is 19.4. The molecule has 0 radical (unpaired) electrons. The molecule has 0 amide bonds. The van der Waals surface area contributed by atoms with E-state index in [9.17, 15) is 18.0 Å². The summed E-state index contributed by atoms with van der Waals surface area (Å²) >= 11 is 0. The Labute approximate surface area is 199 Å². The fourth-order valence-electron chi connectivity index (χ4n) is 4.58. The van der Waals surface area contributed by atoms with Gasteiger partial charge < -0.3 is 14.7 Å². The van der Waals surface area contributed by atoms with Crippen molar-refractivity contribution in [1.82, 2.24) is 0 Å². The summed E-state index contributed by atoms with van der Waals surface area (Å²) in [6.07, 6.45) is -1.35. The van der Waals surface area contributed by atoms with Gasteiger partial charge >= 0.3 is 12.1 Å². The lowest BCUT2D eigenvalue weighted by atomic mass is 9.72. The molecule has 4 nitrogen and oxygen atoms in total. The summed E-state index contributed by atoms with van der Waals surface area (Å²) in [6, 6.07) is 11.3. The molecule has 34 heavy (non-hydrogen) atoms. The summed E-state index contributed by atoms with van der Waals surface area (Å²) in [5.74, 6) is -0.469. The fourth-order valence-corrected chi connectivity index (χ4v) is 4.58. The maximum absolute atomic E-state index is 14.0. The molecule has 3 rings (SSSR count).